The third-order valence-corrected chi connectivity index (χ3v) is 4.14. The number of ether oxygens (including phenoxy) is 1. The van der Waals surface area contributed by atoms with E-state index in [1.807, 2.05) is 25.1 Å². The maximum Gasteiger partial charge on any atom is 0.311 e. The molecule has 7 heteroatoms. The summed E-state index contributed by atoms with van der Waals surface area (Å²) in [5.74, 6) is 1.90. The summed E-state index contributed by atoms with van der Waals surface area (Å²) in [4.78, 5) is 18.5. The Bertz CT molecular complexity index is 1130. The van der Waals surface area contributed by atoms with E-state index in [2.05, 4.69) is 9.97 Å². The number of aryl methyl sites for hydroxylation is 1. The van der Waals surface area contributed by atoms with Crippen molar-refractivity contribution < 1.29 is 14.1 Å². The Morgan fingerprint density at radius 1 is 1.12 bits per heavy atom. The summed E-state index contributed by atoms with van der Waals surface area (Å²) in [5, 5.41) is 11.2. The van der Waals surface area contributed by atoms with Gasteiger partial charge in [-0.3, -0.25) is 10.1 Å². The van der Waals surface area contributed by atoms with E-state index in [-0.39, 0.29) is 11.4 Å². The highest BCUT2D eigenvalue weighted by molar-refractivity contribution is 5.79. The first-order valence-corrected chi connectivity index (χ1v) is 7.94. The van der Waals surface area contributed by atoms with E-state index in [4.69, 9.17) is 9.15 Å². The Morgan fingerprint density at radius 2 is 1.92 bits per heavy atom. The number of methoxy groups -OCH3 is 1. The lowest BCUT2D eigenvalue weighted by atomic mass is 10.1. The Balaban J connectivity index is 1.73. The van der Waals surface area contributed by atoms with Gasteiger partial charge in [-0.15, -0.1) is 0 Å². The number of imidazole rings is 1. The number of benzene rings is 2. The van der Waals surface area contributed by atoms with Crippen molar-refractivity contribution in [2.45, 2.75) is 6.92 Å². The van der Waals surface area contributed by atoms with E-state index in [1.165, 1.54) is 13.2 Å². The Kier molecular flexibility index (Phi) is 3.69. The van der Waals surface area contributed by atoms with Crippen LogP contribution in [0.25, 0.3) is 33.9 Å². The quantitative estimate of drug-likeness (QED) is 0.425. The van der Waals surface area contributed by atoms with Crippen LogP contribution in [0.2, 0.25) is 0 Å². The van der Waals surface area contributed by atoms with Gasteiger partial charge in [0.15, 0.2) is 17.3 Å². The highest BCUT2D eigenvalue weighted by Gasteiger charge is 2.18. The smallest absolute Gasteiger partial charge is 0.311 e. The van der Waals surface area contributed by atoms with E-state index in [0.717, 1.165) is 16.6 Å². The van der Waals surface area contributed by atoms with Gasteiger partial charge in [0.2, 0.25) is 0 Å². The van der Waals surface area contributed by atoms with Gasteiger partial charge in [-0.25, -0.2) is 4.98 Å². The van der Waals surface area contributed by atoms with Crippen molar-refractivity contribution in [1.82, 2.24) is 9.97 Å². The van der Waals surface area contributed by atoms with Crippen LogP contribution in [0.4, 0.5) is 5.69 Å². The lowest BCUT2D eigenvalue weighted by molar-refractivity contribution is -0.385. The zero-order valence-corrected chi connectivity index (χ0v) is 14.1. The highest BCUT2D eigenvalue weighted by atomic mass is 16.6. The number of fused-ring (bicyclic) bond motifs is 1. The number of rotatable bonds is 4. The summed E-state index contributed by atoms with van der Waals surface area (Å²) < 4.78 is 10.9. The number of nitro benzene ring substituents is 1. The number of furan rings is 1. The molecule has 0 spiro atoms. The normalized spacial score (nSPS) is 11.0. The van der Waals surface area contributed by atoms with Crippen LogP contribution in [0.15, 0.2) is 52.9 Å². The second-order valence-electron chi connectivity index (χ2n) is 5.91. The molecule has 4 aromatic rings. The SMILES string of the molecule is COc1ccc(-c2ccc(-c3nc4ccc(C)cc4[nH]3)o2)cc1[N+](=O)[O-]. The summed E-state index contributed by atoms with van der Waals surface area (Å²) >= 11 is 0. The highest BCUT2D eigenvalue weighted by Crippen LogP contribution is 2.34. The molecule has 0 saturated carbocycles. The summed E-state index contributed by atoms with van der Waals surface area (Å²) in [6.45, 7) is 2.02. The standard InChI is InChI=1S/C19H15N3O4/c1-11-3-5-13-14(9-11)21-19(20-13)18-8-7-16(26-18)12-4-6-17(25-2)15(10-12)22(23)24/h3-10H,1-2H3,(H,20,21). The molecule has 0 amide bonds. The Labute approximate surface area is 148 Å². The molecule has 130 valence electrons. The molecular weight excluding hydrogens is 334 g/mol. The largest absolute Gasteiger partial charge is 0.490 e. The third-order valence-electron chi connectivity index (χ3n) is 4.14. The maximum atomic E-state index is 11.2. The molecule has 1 N–H and O–H groups in total. The van der Waals surface area contributed by atoms with Crippen LogP contribution in [0.1, 0.15) is 5.56 Å². The number of aromatic nitrogens is 2. The molecule has 0 aliphatic rings. The number of nitro groups is 1. The van der Waals surface area contributed by atoms with E-state index in [1.54, 1.807) is 24.3 Å². The number of nitrogens with one attached hydrogen (secondary N) is 1. The first-order valence-electron chi connectivity index (χ1n) is 7.94. The summed E-state index contributed by atoms with van der Waals surface area (Å²) in [7, 11) is 1.40. The number of hydrogen-bond acceptors (Lipinski definition) is 5. The molecule has 0 atom stereocenters. The molecule has 2 heterocycles. The first kappa shape index (κ1) is 15.9. The molecule has 0 saturated heterocycles. The number of H-pyrrole nitrogens is 1. The molecule has 0 fully saturated rings. The van der Waals surface area contributed by atoms with Crippen molar-refractivity contribution in [2.75, 3.05) is 7.11 Å². The van der Waals surface area contributed by atoms with Crippen LogP contribution in [0, 0.1) is 17.0 Å². The minimum absolute atomic E-state index is 0.109. The third kappa shape index (κ3) is 2.69. The van der Waals surface area contributed by atoms with Crippen molar-refractivity contribution in [3.8, 4) is 28.7 Å². The molecule has 0 unspecified atom stereocenters. The number of hydrogen-bond donors (Lipinski definition) is 1. The van der Waals surface area contributed by atoms with Crippen LogP contribution in [-0.4, -0.2) is 22.0 Å². The first-order chi connectivity index (χ1) is 12.5. The van der Waals surface area contributed by atoms with Gasteiger partial charge in [0.1, 0.15) is 5.76 Å². The molecule has 0 aliphatic carbocycles. The Morgan fingerprint density at radius 3 is 2.69 bits per heavy atom. The van der Waals surface area contributed by atoms with E-state index in [9.17, 15) is 10.1 Å². The molecule has 4 rings (SSSR count). The van der Waals surface area contributed by atoms with Crippen molar-refractivity contribution in [3.63, 3.8) is 0 Å². The predicted molar refractivity (Wildman–Crippen MR) is 97.2 cm³/mol. The molecule has 2 aromatic heterocycles. The number of aromatic amines is 1. The van der Waals surface area contributed by atoms with Crippen LogP contribution >= 0.6 is 0 Å². The van der Waals surface area contributed by atoms with Crippen molar-refractivity contribution >= 4 is 16.7 Å². The van der Waals surface area contributed by atoms with E-state index in [0.29, 0.717) is 22.9 Å². The monoisotopic (exact) mass is 349 g/mol. The van der Waals surface area contributed by atoms with Crippen molar-refractivity contribution in [2.24, 2.45) is 0 Å². The molecule has 26 heavy (non-hydrogen) atoms. The molecule has 0 bridgehead atoms. The minimum atomic E-state index is -0.478. The number of nitrogens with zero attached hydrogens (tertiary/aromatic N) is 2. The van der Waals surface area contributed by atoms with Gasteiger partial charge in [0.05, 0.1) is 23.1 Å². The summed E-state index contributed by atoms with van der Waals surface area (Å²) in [6, 6.07) is 14.2. The summed E-state index contributed by atoms with van der Waals surface area (Å²) in [6.07, 6.45) is 0. The predicted octanol–water partition coefficient (Wildman–Crippen LogP) is 4.72. The average molecular weight is 349 g/mol. The summed E-state index contributed by atoms with van der Waals surface area (Å²) in [5.41, 5.74) is 3.40. The molecule has 0 radical (unpaired) electrons. The van der Waals surface area contributed by atoms with E-state index >= 15 is 0 Å². The van der Waals surface area contributed by atoms with Gasteiger partial charge in [-0.2, -0.15) is 0 Å². The van der Waals surface area contributed by atoms with E-state index < -0.39 is 4.92 Å². The van der Waals surface area contributed by atoms with Crippen molar-refractivity contribution in [3.05, 3.63) is 64.2 Å². The van der Waals surface area contributed by atoms with Gasteiger partial charge >= 0.3 is 5.69 Å². The molecule has 0 aliphatic heterocycles. The fraction of sp³-hybridized carbons (Fsp3) is 0.105. The van der Waals surface area contributed by atoms with Crippen LogP contribution < -0.4 is 4.74 Å². The minimum Gasteiger partial charge on any atom is -0.490 e. The second kappa shape index (κ2) is 6.03. The van der Waals surface area contributed by atoms with Crippen LogP contribution in [0.3, 0.4) is 0 Å². The molecule has 2 aromatic carbocycles. The molecular formula is C19H15N3O4. The Hall–Kier alpha value is -3.61. The van der Waals surface area contributed by atoms with Crippen molar-refractivity contribution in [1.29, 1.82) is 0 Å². The van der Waals surface area contributed by atoms with Gasteiger partial charge in [0.25, 0.3) is 0 Å². The zero-order chi connectivity index (χ0) is 18.3. The molecule has 7 nitrogen and oxygen atoms in total. The average Bonchev–Trinajstić information content (AvgIpc) is 3.27. The second-order valence-corrected chi connectivity index (χ2v) is 5.91. The zero-order valence-electron chi connectivity index (χ0n) is 14.1. The fourth-order valence-electron chi connectivity index (χ4n) is 2.85. The fourth-order valence-corrected chi connectivity index (χ4v) is 2.85. The maximum absolute atomic E-state index is 11.2. The van der Waals surface area contributed by atoms with Crippen LogP contribution in [-0.2, 0) is 0 Å². The lowest BCUT2D eigenvalue weighted by Gasteiger charge is -2.03. The van der Waals surface area contributed by atoms with Gasteiger partial charge < -0.3 is 14.1 Å². The van der Waals surface area contributed by atoms with Gasteiger partial charge in [-0.1, -0.05) is 6.07 Å². The topological polar surface area (TPSA) is 94.2 Å². The van der Waals surface area contributed by atoms with Gasteiger partial charge in [-0.05, 0) is 48.9 Å². The lowest BCUT2D eigenvalue weighted by Crippen LogP contribution is -1.93. The van der Waals surface area contributed by atoms with Crippen LogP contribution in [0.5, 0.6) is 5.75 Å². The van der Waals surface area contributed by atoms with Gasteiger partial charge in [0, 0.05) is 11.6 Å².